The molecule has 40 heavy (non-hydrogen) atoms. The number of hydrogen-bond acceptors (Lipinski definition) is 6. The molecule has 4 heterocycles. The van der Waals surface area contributed by atoms with E-state index in [1.54, 1.807) is 17.5 Å². The Labute approximate surface area is 236 Å². The zero-order chi connectivity index (χ0) is 27.9. The molecular weight excluding hydrogens is 524 g/mol. The summed E-state index contributed by atoms with van der Waals surface area (Å²) in [5.74, 6) is -0.657. The Morgan fingerprint density at radius 3 is 2.62 bits per heavy atom. The second-order valence-corrected chi connectivity index (χ2v) is 12.0. The van der Waals surface area contributed by atoms with Crippen molar-refractivity contribution in [2.75, 3.05) is 25.0 Å². The summed E-state index contributed by atoms with van der Waals surface area (Å²) in [6, 6.07) is 17.8. The summed E-state index contributed by atoms with van der Waals surface area (Å²) >= 11 is 1.22. The molecule has 3 amide bonds. The summed E-state index contributed by atoms with van der Waals surface area (Å²) in [6.45, 7) is 7.39. The van der Waals surface area contributed by atoms with E-state index >= 15 is 0 Å². The van der Waals surface area contributed by atoms with Crippen LogP contribution in [0, 0.1) is 0 Å². The Morgan fingerprint density at radius 1 is 1.07 bits per heavy atom. The van der Waals surface area contributed by atoms with Gasteiger partial charge in [-0.25, -0.2) is 4.98 Å². The van der Waals surface area contributed by atoms with Crippen molar-refractivity contribution in [1.82, 2.24) is 25.1 Å². The molecule has 4 aromatic rings. The summed E-state index contributed by atoms with van der Waals surface area (Å²) < 4.78 is 2.00. The van der Waals surface area contributed by atoms with Crippen LogP contribution in [0.1, 0.15) is 63.6 Å². The van der Waals surface area contributed by atoms with Gasteiger partial charge in [0.05, 0.1) is 5.54 Å². The molecule has 3 N–H and O–H groups in total. The average Bonchev–Trinajstić information content (AvgIpc) is 3.58. The Kier molecular flexibility index (Phi) is 6.89. The highest BCUT2D eigenvalue weighted by molar-refractivity contribution is 7.14. The minimum Gasteiger partial charge on any atom is -0.348 e. The SMILES string of the molecule is CC1(C)CNC(=O)c2cc3ccc(C(=O)Nc4nc(C(=O)NC5CCN(Cc6ccccc6)CC5)cs4)cc3n21. The first-order chi connectivity index (χ1) is 19.3. The molecule has 6 rings (SSSR count). The zero-order valence-electron chi connectivity index (χ0n) is 22.6. The van der Waals surface area contributed by atoms with Crippen molar-refractivity contribution in [3.8, 4) is 0 Å². The first-order valence-corrected chi connectivity index (χ1v) is 14.4. The number of amides is 3. The van der Waals surface area contributed by atoms with Crippen LogP contribution in [0.4, 0.5) is 5.13 Å². The fourth-order valence-electron chi connectivity index (χ4n) is 5.57. The van der Waals surface area contributed by atoms with Crippen molar-refractivity contribution in [1.29, 1.82) is 0 Å². The summed E-state index contributed by atoms with van der Waals surface area (Å²) in [4.78, 5) is 45.2. The van der Waals surface area contributed by atoms with Gasteiger partial charge in [-0.2, -0.15) is 0 Å². The lowest BCUT2D eigenvalue weighted by molar-refractivity contribution is 0.0888. The summed E-state index contributed by atoms with van der Waals surface area (Å²) in [5.41, 5.74) is 3.15. The Hall–Kier alpha value is -4.02. The van der Waals surface area contributed by atoms with E-state index in [9.17, 15) is 14.4 Å². The van der Waals surface area contributed by atoms with Crippen LogP contribution >= 0.6 is 11.3 Å². The number of carbonyl (C=O) groups is 3. The molecule has 2 aromatic heterocycles. The van der Waals surface area contributed by atoms with Gasteiger partial charge < -0.3 is 15.2 Å². The third kappa shape index (κ3) is 5.24. The smallest absolute Gasteiger partial charge is 0.271 e. The normalized spacial score (nSPS) is 17.3. The number of hydrogen-bond donors (Lipinski definition) is 3. The second-order valence-electron chi connectivity index (χ2n) is 11.1. The van der Waals surface area contributed by atoms with Crippen LogP contribution in [0.5, 0.6) is 0 Å². The molecule has 1 saturated heterocycles. The molecule has 0 aliphatic carbocycles. The molecule has 10 heteroatoms. The van der Waals surface area contributed by atoms with Gasteiger partial charge in [-0.05, 0) is 50.5 Å². The van der Waals surface area contributed by atoms with Crippen LogP contribution in [-0.4, -0.2) is 57.8 Å². The van der Waals surface area contributed by atoms with E-state index in [-0.39, 0.29) is 29.3 Å². The molecule has 2 aromatic carbocycles. The molecule has 9 nitrogen and oxygen atoms in total. The van der Waals surface area contributed by atoms with Crippen LogP contribution in [0.2, 0.25) is 0 Å². The highest BCUT2D eigenvalue weighted by atomic mass is 32.1. The standard InChI is InChI=1S/C30H32N6O3S/c1-30(2)18-31-28(39)25-14-20-8-9-21(15-24(20)36(25)30)26(37)34-29-33-23(17-40-29)27(38)32-22-10-12-35(13-11-22)16-19-6-4-3-5-7-19/h3-9,14-15,17,22H,10-13,16,18H2,1-2H3,(H,31,39)(H,32,38)(H,33,34,37). The maximum Gasteiger partial charge on any atom is 0.271 e. The van der Waals surface area contributed by atoms with E-state index < -0.39 is 0 Å². The zero-order valence-corrected chi connectivity index (χ0v) is 23.4. The highest BCUT2D eigenvalue weighted by Gasteiger charge is 2.33. The van der Waals surface area contributed by atoms with E-state index in [1.165, 1.54) is 16.9 Å². The van der Waals surface area contributed by atoms with Gasteiger partial charge in [0.15, 0.2) is 5.13 Å². The van der Waals surface area contributed by atoms with Gasteiger partial charge in [-0.3, -0.25) is 24.6 Å². The number of rotatable bonds is 6. The van der Waals surface area contributed by atoms with Crippen LogP contribution in [0.3, 0.4) is 0 Å². The molecule has 0 radical (unpaired) electrons. The van der Waals surface area contributed by atoms with Crippen LogP contribution < -0.4 is 16.0 Å². The number of likely N-dealkylation sites (tertiary alicyclic amines) is 1. The van der Waals surface area contributed by atoms with Crippen molar-refractivity contribution in [3.05, 3.63) is 82.5 Å². The third-order valence-electron chi connectivity index (χ3n) is 7.72. The first kappa shape index (κ1) is 26.2. The highest BCUT2D eigenvalue weighted by Crippen LogP contribution is 2.31. The minimum atomic E-state index is -0.323. The van der Waals surface area contributed by atoms with Crippen LogP contribution in [0.25, 0.3) is 10.9 Å². The van der Waals surface area contributed by atoms with E-state index in [0.29, 0.717) is 28.6 Å². The lowest BCUT2D eigenvalue weighted by atomic mass is 10.0. The topological polar surface area (TPSA) is 108 Å². The third-order valence-corrected chi connectivity index (χ3v) is 8.47. The van der Waals surface area contributed by atoms with Crippen molar-refractivity contribution in [2.45, 2.75) is 44.8 Å². The summed E-state index contributed by atoms with van der Waals surface area (Å²) in [5, 5.41) is 11.8. The molecular formula is C30H32N6O3S. The predicted molar refractivity (Wildman–Crippen MR) is 156 cm³/mol. The van der Waals surface area contributed by atoms with E-state index in [1.807, 2.05) is 22.8 Å². The van der Waals surface area contributed by atoms with Crippen molar-refractivity contribution < 1.29 is 14.4 Å². The van der Waals surface area contributed by atoms with Crippen LogP contribution in [-0.2, 0) is 12.1 Å². The van der Waals surface area contributed by atoms with Crippen molar-refractivity contribution in [3.63, 3.8) is 0 Å². The predicted octanol–water partition coefficient (Wildman–Crippen LogP) is 4.22. The fraction of sp³-hybridized carbons (Fsp3) is 0.333. The lowest BCUT2D eigenvalue weighted by Gasteiger charge is -2.34. The first-order valence-electron chi connectivity index (χ1n) is 13.5. The van der Waals surface area contributed by atoms with Gasteiger partial charge >= 0.3 is 0 Å². The van der Waals surface area contributed by atoms with E-state index in [4.69, 9.17) is 0 Å². The van der Waals surface area contributed by atoms with Gasteiger partial charge in [0.2, 0.25) is 0 Å². The number of thiazole rings is 1. The summed E-state index contributed by atoms with van der Waals surface area (Å²) in [7, 11) is 0. The largest absolute Gasteiger partial charge is 0.348 e. The number of anilines is 1. The number of aromatic nitrogens is 2. The number of nitrogens with zero attached hydrogens (tertiary/aromatic N) is 3. The number of piperidine rings is 1. The summed E-state index contributed by atoms with van der Waals surface area (Å²) in [6.07, 6.45) is 1.77. The van der Waals surface area contributed by atoms with Gasteiger partial charge in [0, 0.05) is 54.1 Å². The number of nitrogens with one attached hydrogen (secondary N) is 3. The van der Waals surface area contributed by atoms with Crippen molar-refractivity contribution in [2.24, 2.45) is 0 Å². The Balaban J connectivity index is 1.07. The monoisotopic (exact) mass is 556 g/mol. The number of carbonyl (C=O) groups excluding carboxylic acids is 3. The number of fused-ring (bicyclic) bond motifs is 3. The van der Waals surface area contributed by atoms with Crippen molar-refractivity contribution >= 4 is 45.1 Å². The second kappa shape index (κ2) is 10.5. The van der Waals surface area contributed by atoms with Gasteiger partial charge in [-0.1, -0.05) is 36.4 Å². The Bertz CT molecular complexity index is 1580. The lowest BCUT2D eigenvalue weighted by Crippen LogP contribution is -2.47. The maximum absolute atomic E-state index is 13.1. The molecule has 206 valence electrons. The minimum absolute atomic E-state index is 0.102. The Morgan fingerprint density at radius 2 is 1.85 bits per heavy atom. The van der Waals surface area contributed by atoms with Gasteiger partial charge in [-0.15, -0.1) is 11.3 Å². The molecule has 0 unspecified atom stereocenters. The molecule has 1 fully saturated rings. The molecule has 2 aliphatic heterocycles. The molecule has 2 aliphatic rings. The van der Waals surface area contributed by atoms with E-state index in [2.05, 4.69) is 63.9 Å². The molecule has 0 spiro atoms. The van der Waals surface area contributed by atoms with Gasteiger partial charge in [0.1, 0.15) is 11.4 Å². The van der Waals surface area contributed by atoms with E-state index in [0.717, 1.165) is 43.4 Å². The molecule has 0 saturated carbocycles. The van der Waals surface area contributed by atoms with Gasteiger partial charge in [0.25, 0.3) is 17.7 Å². The fourth-order valence-corrected chi connectivity index (χ4v) is 6.25. The molecule has 0 atom stereocenters. The number of benzene rings is 2. The maximum atomic E-state index is 13.1. The quantitative estimate of drug-likeness (QED) is 0.330. The van der Waals surface area contributed by atoms with Crippen LogP contribution in [0.15, 0.2) is 60.0 Å². The average molecular weight is 557 g/mol. The molecule has 0 bridgehead atoms.